The summed E-state index contributed by atoms with van der Waals surface area (Å²) in [4.78, 5) is 136. The van der Waals surface area contributed by atoms with Crippen LogP contribution in [0.3, 0.4) is 0 Å². The molecule has 7 atom stereocenters. The Morgan fingerprint density at radius 1 is 0.688 bits per heavy atom. The number of aromatic amines is 1. The quantitative estimate of drug-likeness (QED) is 0.0271. The van der Waals surface area contributed by atoms with Gasteiger partial charge in [0.2, 0.25) is 47.3 Å². The van der Waals surface area contributed by atoms with Crippen LogP contribution in [0.25, 0.3) is 10.9 Å². The maximum atomic E-state index is 14.8. The van der Waals surface area contributed by atoms with Crippen LogP contribution in [0.1, 0.15) is 75.0 Å². The van der Waals surface area contributed by atoms with E-state index in [-0.39, 0.29) is 102 Å². The molecule has 4 aromatic rings. The number of hydrogen-bond donors (Lipinski definition) is 14. The molecule has 0 spiro atoms. The van der Waals surface area contributed by atoms with Crippen LogP contribution in [0.2, 0.25) is 0 Å². The predicted octanol–water partition coefficient (Wildman–Crippen LogP) is -1.53. The Morgan fingerprint density at radius 2 is 1.26 bits per heavy atom. The first-order chi connectivity index (χ1) is 38.4. The van der Waals surface area contributed by atoms with Crippen molar-refractivity contribution in [1.82, 2.24) is 47.5 Å². The van der Waals surface area contributed by atoms with Gasteiger partial charge in [-0.3, -0.25) is 48.3 Å². The molecule has 18 N–H and O–H groups in total. The van der Waals surface area contributed by atoms with Gasteiger partial charge in [0, 0.05) is 62.9 Å². The highest BCUT2D eigenvalue weighted by Crippen LogP contribution is 2.20. The number of carboxylic acids is 1. The van der Waals surface area contributed by atoms with Crippen LogP contribution in [0.4, 0.5) is 0 Å². The van der Waals surface area contributed by atoms with Crippen molar-refractivity contribution in [3.63, 3.8) is 0 Å². The fraction of sp³-hybridized carbons (Fsp3) is 0.426. The molecule has 1 saturated heterocycles. The van der Waals surface area contributed by atoms with Crippen LogP contribution >= 0.6 is 0 Å². The minimum absolute atomic E-state index is 0.00426. The summed E-state index contributed by atoms with van der Waals surface area (Å²) >= 11 is 0. The molecule has 2 unspecified atom stereocenters. The monoisotopic (exact) mass is 1110 g/mol. The molecule has 8 amide bonds. The van der Waals surface area contributed by atoms with Crippen LogP contribution in [0.5, 0.6) is 0 Å². The van der Waals surface area contributed by atoms with E-state index in [9.17, 15) is 48.3 Å². The number of aromatic nitrogens is 1. The van der Waals surface area contributed by atoms with Crippen molar-refractivity contribution in [3.05, 3.63) is 108 Å². The molecule has 5 rings (SSSR count). The number of aliphatic carboxylic acids is 1. The van der Waals surface area contributed by atoms with Gasteiger partial charge in [-0.15, -0.1) is 0 Å². The third-order valence-electron chi connectivity index (χ3n) is 12.8. The van der Waals surface area contributed by atoms with Crippen LogP contribution in [-0.2, 0) is 67.3 Å². The summed E-state index contributed by atoms with van der Waals surface area (Å²) in [5, 5.41) is 32.3. The van der Waals surface area contributed by atoms with Gasteiger partial charge >= 0.3 is 5.97 Å². The SMILES string of the molecule is CC(=O)N[C@@H](CCCN=C(N)N)C(=O)N[C@H]1CCCNC(=O)CC[C@@H](C(=O)O)NC(=O)[C@H](Cc2c[nH]c3ccccc23)NC(=O)C(CCCN=C(N)N)NC(=O)[C@@H](Cc2ccccc2)NC(=O)C(COCc2ccccc2)NC1=O. The van der Waals surface area contributed by atoms with Gasteiger partial charge in [0.1, 0.15) is 42.3 Å². The highest BCUT2D eigenvalue weighted by Gasteiger charge is 2.35. The zero-order valence-electron chi connectivity index (χ0n) is 44.5. The molecular weight excluding hydrogens is 1030 g/mol. The Balaban J connectivity index is 1.55. The molecule has 1 aliphatic heterocycles. The topological polar surface area (TPSA) is 424 Å². The summed E-state index contributed by atoms with van der Waals surface area (Å²) in [6, 6.07) is 14.8. The van der Waals surface area contributed by atoms with Crippen molar-refractivity contribution < 1.29 is 53.0 Å². The lowest BCUT2D eigenvalue weighted by molar-refractivity contribution is -0.142. The maximum Gasteiger partial charge on any atom is 0.326 e. The van der Waals surface area contributed by atoms with E-state index in [1.165, 1.54) is 6.92 Å². The molecule has 0 radical (unpaired) electrons. The second-order valence-electron chi connectivity index (χ2n) is 19.1. The fourth-order valence-corrected chi connectivity index (χ4v) is 8.69. The van der Waals surface area contributed by atoms with Crippen LogP contribution in [0, 0.1) is 0 Å². The second kappa shape index (κ2) is 32.0. The number of fused-ring (bicyclic) bond motifs is 1. The number of para-hydroxylation sites is 1. The molecule has 80 heavy (non-hydrogen) atoms. The zero-order chi connectivity index (χ0) is 58.0. The van der Waals surface area contributed by atoms with Crippen molar-refractivity contribution in [1.29, 1.82) is 0 Å². The van der Waals surface area contributed by atoms with Crippen LogP contribution in [-0.4, -0.2) is 144 Å². The van der Waals surface area contributed by atoms with E-state index >= 15 is 0 Å². The number of guanidine groups is 2. The molecule has 0 aliphatic carbocycles. The molecule has 430 valence electrons. The highest BCUT2D eigenvalue weighted by atomic mass is 16.5. The number of nitrogens with one attached hydrogen (secondary N) is 9. The predicted molar refractivity (Wildman–Crippen MR) is 296 cm³/mol. The zero-order valence-corrected chi connectivity index (χ0v) is 44.5. The van der Waals surface area contributed by atoms with Gasteiger partial charge in [-0.1, -0.05) is 78.9 Å². The number of hydrogen-bond acceptors (Lipinski definition) is 12. The van der Waals surface area contributed by atoms with E-state index in [1.807, 2.05) is 12.1 Å². The number of rotatable bonds is 20. The van der Waals surface area contributed by atoms with E-state index in [0.29, 0.717) is 11.1 Å². The summed E-state index contributed by atoms with van der Waals surface area (Å²) < 4.78 is 6.00. The molecule has 1 fully saturated rings. The Morgan fingerprint density at radius 3 is 1.93 bits per heavy atom. The van der Waals surface area contributed by atoms with E-state index in [0.717, 1.165) is 16.5 Å². The summed E-state index contributed by atoms with van der Waals surface area (Å²) in [5.41, 5.74) is 24.7. The van der Waals surface area contributed by atoms with Gasteiger partial charge in [0.15, 0.2) is 11.9 Å². The number of carboxylic acid groups (broad SMARTS) is 1. The highest BCUT2D eigenvalue weighted by molar-refractivity contribution is 5.98. The number of ether oxygens (including phenoxy) is 1. The third kappa shape index (κ3) is 21.0. The van der Waals surface area contributed by atoms with Gasteiger partial charge < -0.3 is 80.3 Å². The number of carbonyl (C=O) groups excluding carboxylic acids is 8. The van der Waals surface area contributed by atoms with Gasteiger partial charge in [0.25, 0.3) is 0 Å². The molecule has 0 bridgehead atoms. The Kier molecular flexibility index (Phi) is 24.7. The van der Waals surface area contributed by atoms with E-state index in [4.69, 9.17) is 27.7 Å². The molecule has 26 nitrogen and oxygen atoms in total. The smallest absolute Gasteiger partial charge is 0.326 e. The normalized spacial score (nSPS) is 20.5. The van der Waals surface area contributed by atoms with Crippen molar-refractivity contribution in [2.45, 2.75) is 120 Å². The third-order valence-corrected chi connectivity index (χ3v) is 12.8. The number of amides is 8. The summed E-state index contributed by atoms with van der Waals surface area (Å²) in [6.07, 6.45) is 0.830. The first-order valence-electron chi connectivity index (χ1n) is 26.3. The van der Waals surface area contributed by atoms with Gasteiger partial charge in [0.05, 0.1) is 13.2 Å². The fourth-order valence-electron chi connectivity index (χ4n) is 8.69. The summed E-state index contributed by atoms with van der Waals surface area (Å²) in [5.74, 6) is -8.19. The lowest BCUT2D eigenvalue weighted by Crippen LogP contribution is -2.61. The largest absolute Gasteiger partial charge is 0.480 e. The minimum atomic E-state index is -1.61. The Bertz CT molecular complexity index is 2800. The van der Waals surface area contributed by atoms with Gasteiger partial charge in [-0.2, -0.15) is 0 Å². The number of carbonyl (C=O) groups is 9. The molecule has 2 heterocycles. The molecule has 3 aromatic carbocycles. The second-order valence-corrected chi connectivity index (χ2v) is 19.1. The van der Waals surface area contributed by atoms with Crippen LogP contribution < -0.4 is 65.5 Å². The van der Waals surface area contributed by atoms with Crippen LogP contribution in [0.15, 0.2) is 101 Å². The number of benzene rings is 3. The van der Waals surface area contributed by atoms with Gasteiger partial charge in [-0.05, 0) is 67.7 Å². The average Bonchev–Trinajstić information content (AvgIpc) is 3.87. The van der Waals surface area contributed by atoms with Gasteiger partial charge in [-0.25, -0.2) is 4.79 Å². The molecule has 1 aliphatic rings. The number of H-pyrrole nitrogens is 1. The first-order valence-corrected chi connectivity index (χ1v) is 26.3. The Labute approximate surface area is 462 Å². The number of nitrogens with two attached hydrogens (primary N) is 4. The van der Waals surface area contributed by atoms with Crippen molar-refractivity contribution in [3.8, 4) is 0 Å². The number of aliphatic imine (C=N–C) groups is 2. The van der Waals surface area contributed by atoms with E-state index < -0.39 is 102 Å². The molecule has 26 heteroatoms. The van der Waals surface area contributed by atoms with Crippen molar-refractivity contribution in [2.75, 3.05) is 26.2 Å². The van der Waals surface area contributed by atoms with E-state index in [1.54, 1.807) is 79.0 Å². The molecule has 1 aromatic heterocycles. The first kappa shape index (κ1) is 61.8. The average molecular weight is 1110 g/mol. The standard InChI is InChI=1S/C54H73N15O11/c1-32(70)63-38(19-11-25-60-53(55)56)46(72)64-40-20-10-24-59-45(71)23-22-41(52(78)79)66-50(76)43(28-35-29-62-37-18-9-8-17-36(35)37)68-47(73)39(21-12-26-61-54(57)58)65-49(75)42(27-33-13-4-2-5-14-33)67-51(77)44(69-48(40)74)31-80-30-34-15-6-3-7-16-34/h2-9,13-18,29,38-44,62H,10-12,19-28,30-31H2,1H3,(H,59,71)(H,63,70)(H,64,72)(H,65,75)(H,66,76)(H,67,77)(H,68,73)(H,69,74)(H,78,79)(H4,55,56,60)(H4,57,58,61)/t38-,39?,40-,41-,42+,43-,44?/m0/s1. The summed E-state index contributed by atoms with van der Waals surface area (Å²) in [6.45, 7) is 0.823. The van der Waals surface area contributed by atoms with Crippen molar-refractivity contribution >= 4 is 76.0 Å². The Hall–Kier alpha value is -9.07. The summed E-state index contributed by atoms with van der Waals surface area (Å²) in [7, 11) is 0. The minimum Gasteiger partial charge on any atom is -0.480 e. The van der Waals surface area contributed by atoms with E-state index in [2.05, 4.69) is 57.5 Å². The van der Waals surface area contributed by atoms with Crippen molar-refractivity contribution in [2.24, 2.45) is 32.9 Å². The molecular formula is C54H73N15O11. The number of nitrogens with zero attached hydrogens (tertiary/aromatic N) is 2. The maximum absolute atomic E-state index is 14.8. The molecule has 0 saturated carbocycles. The lowest BCUT2D eigenvalue weighted by atomic mass is 10.0. The lowest BCUT2D eigenvalue weighted by Gasteiger charge is -2.28.